The standard InChI is InChI=1S/C50H33NS/c1-3-13-34(14-4-1)39-28-27-37-19-10-25-47(46(37)33-39)51(40-31-29-38(30-32-40)42-21-9-18-35-17-7-8-20-41(35)42)48-26-12-24-45-44-23-11-22-43(49(44)52-50(45)48)36-15-5-2-6-16-36/h1-33H. The van der Waals surface area contributed by atoms with Crippen LogP contribution in [0.4, 0.5) is 17.1 Å². The third-order valence-electron chi connectivity index (χ3n) is 10.3. The van der Waals surface area contributed by atoms with Crippen molar-refractivity contribution in [2.24, 2.45) is 0 Å². The van der Waals surface area contributed by atoms with Gasteiger partial charge in [-0.25, -0.2) is 0 Å². The molecule has 0 aliphatic heterocycles. The summed E-state index contributed by atoms with van der Waals surface area (Å²) in [5.74, 6) is 0. The number of benzene rings is 9. The van der Waals surface area contributed by atoms with Gasteiger partial charge in [0.1, 0.15) is 0 Å². The van der Waals surface area contributed by atoms with E-state index < -0.39 is 0 Å². The average molecular weight is 680 g/mol. The molecule has 2 heteroatoms. The zero-order valence-corrected chi connectivity index (χ0v) is 29.2. The van der Waals surface area contributed by atoms with Crippen LogP contribution in [0.3, 0.4) is 0 Å². The highest BCUT2D eigenvalue weighted by Gasteiger charge is 2.21. The summed E-state index contributed by atoms with van der Waals surface area (Å²) in [7, 11) is 0. The molecule has 0 bridgehead atoms. The van der Waals surface area contributed by atoms with E-state index in [0.717, 1.165) is 11.4 Å². The first-order valence-electron chi connectivity index (χ1n) is 17.8. The minimum Gasteiger partial charge on any atom is -0.308 e. The highest BCUT2D eigenvalue weighted by molar-refractivity contribution is 7.27. The summed E-state index contributed by atoms with van der Waals surface area (Å²) in [6, 6.07) is 72.9. The van der Waals surface area contributed by atoms with Crippen LogP contribution in [-0.2, 0) is 0 Å². The number of nitrogens with zero attached hydrogens (tertiary/aromatic N) is 1. The molecule has 0 saturated carbocycles. The summed E-state index contributed by atoms with van der Waals surface area (Å²) in [4.78, 5) is 2.48. The highest BCUT2D eigenvalue weighted by Crippen LogP contribution is 2.48. The van der Waals surface area contributed by atoms with Gasteiger partial charge in [0.2, 0.25) is 0 Å². The van der Waals surface area contributed by atoms with Crippen LogP contribution in [0.1, 0.15) is 0 Å². The maximum absolute atomic E-state index is 2.48. The van der Waals surface area contributed by atoms with E-state index in [0.29, 0.717) is 0 Å². The summed E-state index contributed by atoms with van der Waals surface area (Å²) >= 11 is 1.89. The third kappa shape index (κ3) is 5.16. The molecular formula is C50H33NS. The van der Waals surface area contributed by atoms with Crippen LogP contribution in [0, 0.1) is 0 Å². The molecule has 0 saturated heterocycles. The smallest absolute Gasteiger partial charge is 0.0640 e. The van der Waals surface area contributed by atoms with Crippen molar-refractivity contribution in [3.8, 4) is 33.4 Å². The van der Waals surface area contributed by atoms with Crippen LogP contribution in [0.15, 0.2) is 200 Å². The summed E-state index contributed by atoms with van der Waals surface area (Å²) in [6.45, 7) is 0. The topological polar surface area (TPSA) is 3.24 Å². The van der Waals surface area contributed by atoms with Crippen LogP contribution in [0.2, 0.25) is 0 Å². The summed E-state index contributed by atoms with van der Waals surface area (Å²) in [5, 5.41) is 7.51. The Morgan fingerprint density at radius 3 is 1.65 bits per heavy atom. The zero-order chi connectivity index (χ0) is 34.4. The third-order valence-corrected chi connectivity index (χ3v) is 11.5. The Morgan fingerprint density at radius 1 is 0.308 bits per heavy atom. The number of rotatable bonds is 6. The number of anilines is 3. The Labute approximate surface area is 307 Å². The molecule has 52 heavy (non-hydrogen) atoms. The molecule has 0 N–H and O–H groups in total. The van der Waals surface area contributed by atoms with Gasteiger partial charge in [-0.15, -0.1) is 11.3 Å². The van der Waals surface area contributed by atoms with Gasteiger partial charge in [-0.3, -0.25) is 0 Å². The molecule has 9 aromatic carbocycles. The maximum atomic E-state index is 2.48. The Hall–Kier alpha value is -6.48. The predicted molar refractivity (Wildman–Crippen MR) is 225 cm³/mol. The van der Waals surface area contributed by atoms with Gasteiger partial charge in [-0.1, -0.05) is 170 Å². The van der Waals surface area contributed by atoms with Gasteiger partial charge in [0.15, 0.2) is 0 Å². The van der Waals surface area contributed by atoms with Crippen molar-refractivity contribution in [2.45, 2.75) is 0 Å². The highest BCUT2D eigenvalue weighted by atomic mass is 32.1. The lowest BCUT2D eigenvalue weighted by Crippen LogP contribution is -2.10. The lowest BCUT2D eigenvalue weighted by atomic mass is 9.97. The van der Waals surface area contributed by atoms with Crippen molar-refractivity contribution in [1.82, 2.24) is 0 Å². The van der Waals surface area contributed by atoms with Crippen LogP contribution in [-0.4, -0.2) is 0 Å². The van der Waals surface area contributed by atoms with Crippen molar-refractivity contribution < 1.29 is 0 Å². The average Bonchev–Trinajstić information content (AvgIpc) is 3.61. The van der Waals surface area contributed by atoms with Crippen LogP contribution < -0.4 is 4.90 Å². The predicted octanol–water partition coefficient (Wildman–Crippen LogP) is 14.8. The zero-order valence-electron chi connectivity index (χ0n) is 28.4. The first kappa shape index (κ1) is 30.4. The molecule has 0 amide bonds. The largest absolute Gasteiger partial charge is 0.308 e. The van der Waals surface area contributed by atoms with Crippen molar-refractivity contribution in [3.05, 3.63) is 200 Å². The van der Waals surface area contributed by atoms with E-state index in [1.54, 1.807) is 0 Å². The second-order valence-corrected chi connectivity index (χ2v) is 14.3. The first-order chi connectivity index (χ1) is 25.8. The van der Waals surface area contributed by atoms with Gasteiger partial charge in [0.05, 0.1) is 16.1 Å². The van der Waals surface area contributed by atoms with Crippen molar-refractivity contribution in [2.75, 3.05) is 4.90 Å². The molecule has 10 rings (SSSR count). The molecule has 0 aliphatic rings. The lowest BCUT2D eigenvalue weighted by molar-refractivity contribution is 1.32. The van der Waals surface area contributed by atoms with Crippen molar-refractivity contribution in [1.29, 1.82) is 0 Å². The number of thiophene rings is 1. The van der Waals surface area contributed by atoms with E-state index in [4.69, 9.17) is 0 Å². The molecule has 1 nitrogen and oxygen atoms in total. The van der Waals surface area contributed by atoms with Gasteiger partial charge in [0, 0.05) is 26.5 Å². The Bertz CT molecular complexity index is 2880. The monoisotopic (exact) mass is 679 g/mol. The second kappa shape index (κ2) is 12.7. The number of hydrogen-bond donors (Lipinski definition) is 0. The van der Waals surface area contributed by atoms with Crippen molar-refractivity contribution in [3.63, 3.8) is 0 Å². The lowest BCUT2D eigenvalue weighted by Gasteiger charge is -2.28. The van der Waals surface area contributed by atoms with Crippen molar-refractivity contribution >= 4 is 70.1 Å². The Balaban J connectivity index is 1.21. The molecule has 10 aromatic rings. The van der Waals surface area contributed by atoms with Gasteiger partial charge in [0.25, 0.3) is 0 Å². The fourth-order valence-corrected chi connectivity index (χ4v) is 9.10. The van der Waals surface area contributed by atoms with E-state index in [-0.39, 0.29) is 0 Å². The molecule has 0 aliphatic carbocycles. The molecular weight excluding hydrogens is 647 g/mol. The molecule has 1 aromatic heterocycles. The maximum Gasteiger partial charge on any atom is 0.0640 e. The fraction of sp³-hybridized carbons (Fsp3) is 0. The quantitative estimate of drug-likeness (QED) is 0.169. The summed E-state index contributed by atoms with van der Waals surface area (Å²) in [5.41, 5.74) is 10.8. The van der Waals surface area contributed by atoms with E-state index in [1.807, 2.05) is 11.3 Å². The molecule has 0 radical (unpaired) electrons. The van der Waals surface area contributed by atoms with Gasteiger partial charge in [-0.2, -0.15) is 0 Å². The Kier molecular flexibility index (Phi) is 7.41. The van der Waals surface area contributed by atoms with Gasteiger partial charge < -0.3 is 4.90 Å². The van der Waals surface area contributed by atoms with Gasteiger partial charge >= 0.3 is 0 Å². The fourth-order valence-electron chi connectivity index (χ4n) is 7.76. The molecule has 0 spiro atoms. The van der Waals surface area contributed by atoms with E-state index >= 15 is 0 Å². The van der Waals surface area contributed by atoms with E-state index in [1.165, 1.54) is 80.8 Å². The molecule has 0 unspecified atom stereocenters. The number of fused-ring (bicyclic) bond motifs is 5. The van der Waals surface area contributed by atoms with Crippen LogP contribution in [0.5, 0.6) is 0 Å². The SMILES string of the molecule is c1ccc(-c2ccc3cccc(N(c4ccc(-c5cccc6ccccc56)cc4)c4cccc5c4sc4c(-c6ccccc6)cccc45)c3c2)cc1. The van der Waals surface area contributed by atoms with E-state index in [2.05, 4.69) is 205 Å². The normalized spacial score (nSPS) is 11.5. The minimum atomic E-state index is 1.12. The summed E-state index contributed by atoms with van der Waals surface area (Å²) in [6.07, 6.45) is 0. The first-order valence-corrected chi connectivity index (χ1v) is 18.6. The molecule has 244 valence electrons. The molecule has 0 atom stereocenters. The molecule has 1 heterocycles. The van der Waals surface area contributed by atoms with Crippen LogP contribution >= 0.6 is 11.3 Å². The van der Waals surface area contributed by atoms with Crippen LogP contribution in [0.25, 0.3) is 75.1 Å². The van der Waals surface area contributed by atoms with E-state index in [9.17, 15) is 0 Å². The Morgan fingerprint density at radius 2 is 0.846 bits per heavy atom. The second-order valence-electron chi connectivity index (χ2n) is 13.3. The van der Waals surface area contributed by atoms with Gasteiger partial charge in [-0.05, 0) is 79.9 Å². The molecule has 0 fully saturated rings. The summed E-state index contributed by atoms with van der Waals surface area (Å²) < 4.78 is 2.59. The minimum absolute atomic E-state index is 1.12. The number of hydrogen-bond acceptors (Lipinski definition) is 2.